The van der Waals surface area contributed by atoms with Crippen molar-refractivity contribution in [3.63, 3.8) is 0 Å². The smallest absolute Gasteiger partial charge is 0.369 e. The van der Waals surface area contributed by atoms with E-state index >= 15 is 0 Å². The number of alkyl halides is 4. The van der Waals surface area contributed by atoms with Gasteiger partial charge in [0.25, 0.3) is 0 Å². The van der Waals surface area contributed by atoms with E-state index in [2.05, 4.69) is 20.8 Å². The molecule has 19 heavy (non-hydrogen) atoms. The Kier molecular flexibility index (Phi) is 4.43. The number of rotatable bonds is 5. The van der Waals surface area contributed by atoms with E-state index in [-0.39, 0.29) is 5.33 Å². The zero-order valence-corrected chi connectivity index (χ0v) is 12.4. The molecule has 0 spiro atoms. The summed E-state index contributed by atoms with van der Waals surface area (Å²) >= 11 is 3.12. The molecule has 0 saturated heterocycles. The van der Waals surface area contributed by atoms with Gasteiger partial charge in [-0.15, -0.1) is 0 Å². The maximum Gasteiger partial charge on any atom is 0.416 e. The zero-order chi connectivity index (χ0) is 14.0. The molecule has 0 bridgehead atoms. The Morgan fingerprint density at radius 3 is 2.47 bits per heavy atom. The van der Waals surface area contributed by atoms with Gasteiger partial charge in [-0.1, -0.05) is 28.9 Å². The van der Waals surface area contributed by atoms with Crippen LogP contribution in [0.4, 0.5) is 18.9 Å². The Labute approximate surface area is 119 Å². The summed E-state index contributed by atoms with van der Waals surface area (Å²) in [6.07, 6.45) is -1.18. The van der Waals surface area contributed by atoms with Crippen molar-refractivity contribution in [2.45, 2.75) is 43.7 Å². The third kappa shape index (κ3) is 3.44. The molecule has 0 radical (unpaired) electrons. The van der Waals surface area contributed by atoms with Gasteiger partial charge in [0.2, 0.25) is 0 Å². The highest BCUT2D eigenvalue weighted by atomic mass is 79.9. The molecule has 0 atom stereocenters. The molecule has 1 saturated carbocycles. The number of hydrogen-bond acceptors (Lipinski definition) is 1. The van der Waals surface area contributed by atoms with Gasteiger partial charge in [-0.05, 0) is 37.0 Å². The van der Waals surface area contributed by atoms with Crippen molar-refractivity contribution in [3.05, 3.63) is 29.3 Å². The van der Waals surface area contributed by atoms with Gasteiger partial charge in [0, 0.05) is 23.6 Å². The standard InChI is InChI=1S/C14H17BrF3N/c1-2-7-19(11-5-6-11)12-4-3-10(9-15)13(8-12)14(16,17)18/h3-4,8,11H,2,5-7,9H2,1H3. The summed E-state index contributed by atoms with van der Waals surface area (Å²) in [7, 11) is 0. The van der Waals surface area contributed by atoms with Gasteiger partial charge >= 0.3 is 6.18 Å². The molecule has 0 N–H and O–H groups in total. The van der Waals surface area contributed by atoms with Crippen LogP contribution in [0.25, 0.3) is 0 Å². The monoisotopic (exact) mass is 335 g/mol. The summed E-state index contributed by atoms with van der Waals surface area (Å²) in [5, 5.41) is 0.222. The molecular weight excluding hydrogens is 319 g/mol. The first-order chi connectivity index (χ1) is 8.97. The molecule has 1 nitrogen and oxygen atoms in total. The fourth-order valence-electron chi connectivity index (χ4n) is 2.27. The van der Waals surface area contributed by atoms with Crippen LogP contribution in [0.5, 0.6) is 0 Å². The van der Waals surface area contributed by atoms with Crippen LogP contribution in [0, 0.1) is 0 Å². The van der Waals surface area contributed by atoms with Crippen LogP contribution in [0.1, 0.15) is 37.3 Å². The van der Waals surface area contributed by atoms with Crippen molar-refractivity contribution in [2.75, 3.05) is 11.4 Å². The number of nitrogens with zero attached hydrogens (tertiary/aromatic N) is 1. The fourth-order valence-corrected chi connectivity index (χ4v) is 2.76. The van der Waals surface area contributed by atoms with Gasteiger partial charge in [0.1, 0.15) is 0 Å². The van der Waals surface area contributed by atoms with Crippen molar-refractivity contribution in [2.24, 2.45) is 0 Å². The largest absolute Gasteiger partial charge is 0.416 e. The lowest BCUT2D eigenvalue weighted by Crippen LogP contribution is -2.27. The van der Waals surface area contributed by atoms with Crippen LogP contribution >= 0.6 is 15.9 Å². The minimum Gasteiger partial charge on any atom is -0.369 e. The molecule has 0 heterocycles. The number of anilines is 1. The molecule has 1 aromatic carbocycles. The SMILES string of the molecule is CCCN(c1ccc(CBr)c(C(F)(F)F)c1)C1CC1. The van der Waals surface area contributed by atoms with Crippen LogP contribution in [0.2, 0.25) is 0 Å². The second-order valence-corrected chi connectivity index (χ2v) is 5.46. The van der Waals surface area contributed by atoms with Crippen molar-refractivity contribution >= 4 is 21.6 Å². The first kappa shape index (κ1) is 14.7. The molecule has 2 rings (SSSR count). The normalized spacial score (nSPS) is 15.6. The third-order valence-corrected chi connectivity index (χ3v) is 3.93. The predicted molar refractivity (Wildman–Crippen MR) is 74.7 cm³/mol. The first-order valence-electron chi connectivity index (χ1n) is 6.50. The van der Waals surface area contributed by atoms with E-state index in [1.54, 1.807) is 12.1 Å². The third-order valence-electron chi connectivity index (χ3n) is 3.33. The Hall–Kier alpha value is -0.710. The van der Waals surface area contributed by atoms with E-state index in [1.807, 2.05) is 6.92 Å². The molecule has 106 valence electrons. The van der Waals surface area contributed by atoms with Crippen LogP contribution in [-0.4, -0.2) is 12.6 Å². The van der Waals surface area contributed by atoms with Crippen molar-refractivity contribution in [1.82, 2.24) is 0 Å². The van der Waals surface area contributed by atoms with E-state index < -0.39 is 11.7 Å². The van der Waals surface area contributed by atoms with Crippen LogP contribution in [0.3, 0.4) is 0 Å². The summed E-state index contributed by atoms with van der Waals surface area (Å²) in [5.74, 6) is 0. The minimum atomic E-state index is -4.29. The van der Waals surface area contributed by atoms with E-state index in [0.717, 1.165) is 25.8 Å². The van der Waals surface area contributed by atoms with Crippen LogP contribution in [0.15, 0.2) is 18.2 Å². The summed E-state index contributed by atoms with van der Waals surface area (Å²) in [5.41, 5.74) is 0.466. The molecule has 1 fully saturated rings. The van der Waals surface area contributed by atoms with Crippen molar-refractivity contribution in [1.29, 1.82) is 0 Å². The van der Waals surface area contributed by atoms with E-state index in [1.165, 1.54) is 6.07 Å². The van der Waals surface area contributed by atoms with Crippen molar-refractivity contribution < 1.29 is 13.2 Å². The quantitative estimate of drug-likeness (QED) is 0.686. The molecule has 0 aromatic heterocycles. The topological polar surface area (TPSA) is 3.24 Å². The predicted octanol–water partition coefficient (Wildman–Crippen LogP) is 4.98. The summed E-state index contributed by atoms with van der Waals surface area (Å²) in [4.78, 5) is 2.10. The van der Waals surface area contributed by atoms with Gasteiger partial charge in [-0.25, -0.2) is 0 Å². The average Bonchev–Trinajstić information content (AvgIpc) is 3.18. The maximum atomic E-state index is 13.0. The number of hydrogen-bond donors (Lipinski definition) is 0. The molecule has 0 unspecified atom stereocenters. The number of halogens is 4. The summed E-state index contributed by atoms with van der Waals surface area (Å²) < 4.78 is 39.1. The van der Waals surface area contributed by atoms with Gasteiger partial charge < -0.3 is 4.90 Å². The second kappa shape index (κ2) is 5.73. The minimum absolute atomic E-state index is 0.222. The zero-order valence-electron chi connectivity index (χ0n) is 10.8. The van der Waals surface area contributed by atoms with Gasteiger partial charge in [-0.2, -0.15) is 13.2 Å². The van der Waals surface area contributed by atoms with E-state index in [9.17, 15) is 13.2 Å². The van der Waals surface area contributed by atoms with E-state index in [4.69, 9.17) is 0 Å². The highest BCUT2D eigenvalue weighted by Crippen LogP contribution is 2.38. The van der Waals surface area contributed by atoms with Crippen LogP contribution in [-0.2, 0) is 11.5 Å². The second-order valence-electron chi connectivity index (χ2n) is 4.90. The lowest BCUT2D eigenvalue weighted by Gasteiger charge is -2.25. The lowest BCUT2D eigenvalue weighted by atomic mass is 10.1. The number of benzene rings is 1. The van der Waals surface area contributed by atoms with Crippen LogP contribution < -0.4 is 4.90 Å². The molecule has 0 amide bonds. The Balaban J connectivity index is 2.36. The first-order valence-corrected chi connectivity index (χ1v) is 7.62. The Morgan fingerprint density at radius 2 is 2.00 bits per heavy atom. The fraction of sp³-hybridized carbons (Fsp3) is 0.571. The molecule has 1 aliphatic rings. The van der Waals surface area contributed by atoms with Gasteiger partial charge in [0.15, 0.2) is 0 Å². The molecule has 1 aliphatic carbocycles. The summed E-state index contributed by atoms with van der Waals surface area (Å²) in [6.45, 7) is 2.86. The average molecular weight is 336 g/mol. The van der Waals surface area contributed by atoms with E-state index in [0.29, 0.717) is 17.3 Å². The Morgan fingerprint density at radius 1 is 1.32 bits per heavy atom. The van der Waals surface area contributed by atoms with Gasteiger partial charge in [-0.3, -0.25) is 0 Å². The highest BCUT2D eigenvalue weighted by Gasteiger charge is 2.35. The highest BCUT2D eigenvalue weighted by molar-refractivity contribution is 9.08. The molecule has 1 aromatic rings. The van der Waals surface area contributed by atoms with Crippen molar-refractivity contribution in [3.8, 4) is 0 Å². The summed E-state index contributed by atoms with van der Waals surface area (Å²) in [6, 6.07) is 5.11. The lowest BCUT2D eigenvalue weighted by molar-refractivity contribution is -0.138. The molecule has 0 aliphatic heterocycles. The maximum absolute atomic E-state index is 13.0. The Bertz CT molecular complexity index is 441. The van der Waals surface area contributed by atoms with Gasteiger partial charge in [0.05, 0.1) is 5.56 Å². The molecule has 5 heteroatoms. The molecular formula is C14H17BrF3N.